The Morgan fingerprint density at radius 1 is 0.879 bits per heavy atom. The minimum absolute atomic E-state index is 0.0774. The first-order valence-electron chi connectivity index (χ1n) is 9.33. The number of hydrogen-bond donors (Lipinski definition) is 3. The van der Waals surface area contributed by atoms with E-state index in [1.165, 1.54) is 37.4 Å². The Hall–Kier alpha value is -3.64. The third-order valence-corrected chi connectivity index (χ3v) is 6.27. The van der Waals surface area contributed by atoms with Crippen molar-refractivity contribution < 1.29 is 30.8 Å². The van der Waals surface area contributed by atoms with Crippen LogP contribution in [0.2, 0.25) is 0 Å². The average molecular weight is 494 g/mol. The molecule has 3 aromatic carbocycles. The van der Waals surface area contributed by atoms with Gasteiger partial charge in [-0.15, -0.1) is 0 Å². The van der Waals surface area contributed by atoms with Crippen LogP contribution >= 0.6 is 0 Å². The SMILES string of the molecule is COc1ccccc1NS(=O)(=O)c1ccc(C(=O)Nc2ccc(F)c(NS(C)(=O)=O)c2)cc1. The molecule has 3 N–H and O–H groups in total. The number of halogens is 1. The number of benzene rings is 3. The largest absolute Gasteiger partial charge is 0.495 e. The highest BCUT2D eigenvalue weighted by Crippen LogP contribution is 2.26. The van der Waals surface area contributed by atoms with Crippen molar-refractivity contribution in [3.05, 3.63) is 78.1 Å². The molecule has 0 aromatic heterocycles. The third kappa shape index (κ3) is 6.20. The van der Waals surface area contributed by atoms with Crippen molar-refractivity contribution in [1.29, 1.82) is 0 Å². The number of sulfonamides is 2. The Balaban J connectivity index is 1.76. The molecule has 0 radical (unpaired) electrons. The maximum atomic E-state index is 13.8. The summed E-state index contributed by atoms with van der Waals surface area (Å²) in [6, 6.07) is 15.0. The Kier molecular flexibility index (Phi) is 6.89. The zero-order valence-corrected chi connectivity index (χ0v) is 19.1. The standard InChI is InChI=1S/C21H20FN3O6S2/c1-31-20-6-4-3-5-18(20)25-33(29,30)16-10-7-14(8-11-16)21(26)23-15-9-12-17(22)19(13-15)24-32(2,27)28/h3-13,24-25H,1-2H3,(H,23,26). The summed E-state index contributed by atoms with van der Waals surface area (Å²) in [5.74, 6) is -1.06. The van der Waals surface area contributed by atoms with Crippen LogP contribution in [-0.4, -0.2) is 36.1 Å². The lowest BCUT2D eigenvalue weighted by molar-refractivity contribution is 0.102. The summed E-state index contributed by atoms with van der Waals surface area (Å²) in [6.45, 7) is 0. The highest BCUT2D eigenvalue weighted by Gasteiger charge is 2.17. The number of hydrogen-bond acceptors (Lipinski definition) is 6. The van der Waals surface area contributed by atoms with Gasteiger partial charge in [-0.05, 0) is 54.6 Å². The van der Waals surface area contributed by atoms with Crippen LogP contribution in [0.25, 0.3) is 0 Å². The summed E-state index contributed by atoms with van der Waals surface area (Å²) < 4.78 is 71.4. The molecule has 3 aromatic rings. The Bertz CT molecular complexity index is 1390. The monoisotopic (exact) mass is 493 g/mol. The van der Waals surface area contributed by atoms with Crippen LogP contribution in [0.4, 0.5) is 21.5 Å². The predicted molar refractivity (Wildman–Crippen MR) is 123 cm³/mol. The first-order valence-corrected chi connectivity index (χ1v) is 12.7. The van der Waals surface area contributed by atoms with Crippen LogP contribution in [0.3, 0.4) is 0 Å². The van der Waals surface area contributed by atoms with Crippen LogP contribution in [0.15, 0.2) is 71.6 Å². The van der Waals surface area contributed by atoms with Gasteiger partial charge in [-0.2, -0.15) is 0 Å². The average Bonchev–Trinajstić information content (AvgIpc) is 2.75. The fourth-order valence-electron chi connectivity index (χ4n) is 2.80. The van der Waals surface area contributed by atoms with Gasteiger partial charge in [0, 0.05) is 11.3 Å². The van der Waals surface area contributed by atoms with Crippen molar-refractivity contribution >= 4 is 43.0 Å². The van der Waals surface area contributed by atoms with Crippen molar-refractivity contribution in [2.45, 2.75) is 4.90 Å². The molecule has 12 heteroatoms. The van der Waals surface area contributed by atoms with Crippen molar-refractivity contribution in [2.24, 2.45) is 0 Å². The van der Waals surface area contributed by atoms with Crippen LogP contribution in [0, 0.1) is 5.82 Å². The summed E-state index contributed by atoms with van der Waals surface area (Å²) >= 11 is 0. The number of carbonyl (C=O) groups excluding carboxylic acids is 1. The highest BCUT2D eigenvalue weighted by atomic mass is 32.2. The van der Waals surface area contributed by atoms with Gasteiger partial charge in [0.1, 0.15) is 11.6 Å². The molecule has 0 saturated carbocycles. The van der Waals surface area contributed by atoms with Crippen LogP contribution in [0.1, 0.15) is 10.4 Å². The molecule has 0 aliphatic carbocycles. The van der Waals surface area contributed by atoms with Crippen molar-refractivity contribution in [2.75, 3.05) is 28.1 Å². The fraction of sp³-hybridized carbons (Fsp3) is 0.0952. The second-order valence-corrected chi connectivity index (χ2v) is 10.3. The fourth-order valence-corrected chi connectivity index (χ4v) is 4.43. The molecule has 0 fully saturated rings. The third-order valence-electron chi connectivity index (χ3n) is 4.30. The van der Waals surface area contributed by atoms with E-state index in [9.17, 15) is 26.0 Å². The minimum atomic E-state index is -3.94. The molecule has 0 aliphatic rings. The van der Waals surface area contributed by atoms with E-state index in [2.05, 4.69) is 10.0 Å². The van der Waals surface area contributed by atoms with Crippen LogP contribution in [-0.2, 0) is 20.0 Å². The van der Waals surface area contributed by atoms with Gasteiger partial charge in [0.15, 0.2) is 0 Å². The molecular formula is C21H20FN3O6S2. The molecule has 0 atom stereocenters. The maximum Gasteiger partial charge on any atom is 0.262 e. The smallest absolute Gasteiger partial charge is 0.262 e. The van der Waals surface area contributed by atoms with Gasteiger partial charge in [-0.25, -0.2) is 21.2 Å². The number of para-hydroxylation sites is 2. The number of methoxy groups -OCH3 is 1. The predicted octanol–water partition coefficient (Wildman–Crippen LogP) is 3.26. The van der Waals surface area contributed by atoms with Gasteiger partial charge in [0.05, 0.1) is 29.6 Å². The van der Waals surface area contributed by atoms with Crippen molar-refractivity contribution in [3.8, 4) is 5.75 Å². The number of carbonyl (C=O) groups is 1. The molecular weight excluding hydrogens is 473 g/mol. The highest BCUT2D eigenvalue weighted by molar-refractivity contribution is 7.92. The van der Waals surface area contributed by atoms with Crippen LogP contribution < -0.4 is 19.5 Å². The lowest BCUT2D eigenvalue weighted by atomic mass is 10.2. The molecule has 3 rings (SSSR count). The van der Waals surface area contributed by atoms with Gasteiger partial charge in [-0.1, -0.05) is 12.1 Å². The number of rotatable bonds is 8. The lowest BCUT2D eigenvalue weighted by Gasteiger charge is -2.12. The Labute approximate surface area is 190 Å². The van der Waals surface area contributed by atoms with Gasteiger partial charge in [-0.3, -0.25) is 14.2 Å². The molecule has 0 bridgehead atoms. The zero-order chi connectivity index (χ0) is 24.2. The molecule has 1 amide bonds. The van der Waals surface area contributed by atoms with E-state index in [1.807, 2.05) is 4.72 Å². The van der Waals surface area contributed by atoms with E-state index in [1.54, 1.807) is 24.3 Å². The second kappa shape index (κ2) is 9.46. The Morgan fingerprint density at radius 3 is 2.18 bits per heavy atom. The summed E-state index contributed by atoms with van der Waals surface area (Å²) in [5, 5.41) is 2.50. The number of amides is 1. The summed E-state index contributed by atoms with van der Waals surface area (Å²) in [6.07, 6.45) is 0.871. The van der Waals surface area contributed by atoms with Gasteiger partial charge in [0.2, 0.25) is 10.0 Å². The number of ether oxygens (including phenoxy) is 1. The molecule has 0 aliphatic heterocycles. The van der Waals surface area contributed by atoms with E-state index in [0.717, 1.165) is 18.4 Å². The normalized spacial score (nSPS) is 11.5. The molecule has 9 nitrogen and oxygen atoms in total. The van der Waals surface area contributed by atoms with E-state index >= 15 is 0 Å². The first-order chi connectivity index (χ1) is 15.5. The molecule has 0 heterocycles. The van der Waals surface area contributed by atoms with Gasteiger partial charge < -0.3 is 10.1 Å². The number of nitrogens with one attached hydrogen (secondary N) is 3. The second-order valence-electron chi connectivity index (χ2n) is 6.85. The van der Waals surface area contributed by atoms with Gasteiger partial charge >= 0.3 is 0 Å². The van der Waals surface area contributed by atoms with E-state index in [4.69, 9.17) is 4.74 Å². The number of anilines is 3. The van der Waals surface area contributed by atoms with Crippen LogP contribution in [0.5, 0.6) is 5.75 Å². The zero-order valence-electron chi connectivity index (χ0n) is 17.5. The molecule has 0 spiro atoms. The summed E-state index contributed by atoms with van der Waals surface area (Å²) in [5.41, 5.74) is 0.214. The topological polar surface area (TPSA) is 131 Å². The lowest BCUT2D eigenvalue weighted by Crippen LogP contribution is -2.15. The molecule has 33 heavy (non-hydrogen) atoms. The van der Waals surface area contributed by atoms with Crippen molar-refractivity contribution in [1.82, 2.24) is 0 Å². The summed E-state index contributed by atoms with van der Waals surface area (Å²) in [7, 11) is -6.24. The first kappa shape index (κ1) is 24.0. The quantitative estimate of drug-likeness (QED) is 0.442. The summed E-state index contributed by atoms with van der Waals surface area (Å²) in [4.78, 5) is 12.4. The van der Waals surface area contributed by atoms with E-state index in [0.29, 0.717) is 5.75 Å². The van der Waals surface area contributed by atoms with E-state index < -0.39 is 31.8 Å². The maximum absolute atomic E-state index is 13.8. The van der Waals surface area contributed by atoms with E-state index in [-0.39, 0.29) is 27.5 Å². The van der Waals surface area contributed by atoms with Gasteiger partial charge in [0.25, 0.3) is 15.9 Å². The minimum Gasteiger partial charge on any atom is -0.495 e. The molecule has 0 saturated heterocycles. The van der Waals surface area contributed by atoms with Crippen molar-refractivity contribution in [3.63, 3.8) is 0 Å². The molecule has 0 unspecified atom stereocenters. The molecule has 174 valence electrons. The Morgan fingerprint density at radius 2 is 1.55 bits per heavy atom.